The Kier molecular flexibility index (Phi) is 4.87. The average Bonchev–Trinajstić information content (AvgIpc) is 2.61. The second kappa shape index (κ2) is 7.07. The lowest BCUT2D eigenvalue weighted by Gasteiger charge is -2.39. The van der Waals surface area contributed by atoms with Crippen LogP contribution in [0.5, 0.6) is 0 Å². The zero-order valence-corrected chi connectivity index (χ0v) is 14.1. The molecular formula is C17H24N4O3. The van der Waals surface area contributed by atoms with Crippen molar-refractivity contribution in [3.8, 4) is 0 Å². The number of nitro benzene ring substituents is 1. The Hall–Kier alpha value is -2.31. The van der Waals surface area contributed by atoms with Crippen molar-refractivity contribution >= 4 is 17.4 Å². The lowest BCUT2D eigenvalue weighted by Crippen LogP contribution is -2.53. The van der Waals surface area contributed by atoms with E-state index in [4.69, 9.17) is 0 Å². The number of rotatable bonds is 2. The van der Waals surface area contributed by atoms with Gasteiger partial charge in [-0.1, -0.05) is 0 Å². The predicted octanol–water partition coefficient (Wildman–Crippen LogP) is 2.63. The Balaban J connectivity index is 1.59. The van der Waals surface area contributed by atoms with Crippen molar-refractivity contribution in [1.29, 1.82) is 0 Å². The van der Waals surface area contributed by atoms with Crippen molar-refractivity contribution in [2.75, 3.05) is 44.2 Å². The first-order valence-electron chi connectivity index (χ1n) is 8.60. The van der Waals surface area contributed by atoms with Crippen molar-refractivity contribution in [1.82, 2.24) is 9.80 Å². The van der Waals surface area contributed by atoms with Crippen LogP contribution in [0.25, 0.3) is 0 Å². The van der Waals surface area contributed by atoms with Gasteiger partial charge in [0.05, 0.1) is 4.92 Å². The molecule has 2 fully saturated rings. The Morgan fingerprint density at radius 1 is 1.00 bits per heavy atom. The summed E-state index contributed by atoms with van der Waals surface area (Å²) in [5.41, 5.74) is 1.81. The van der Waals surface area contributed by atoms with E-state index >= 15 is 0 Å². The van der Waals surface area contributed by atoms with E-state index in [9.17, 15) is 14.9 Å². The summed E-state index contributed by atoms with van der Waals surface area (Å²) in [4.78, 5) is 29.2. The lowest BCUT2D eigenvalue weighted by atomic mass is 10.1. The second-order valence-electron chi connectivity index (χ2n) is 6.53. The number of benzene rings is 1. The summed E-state index contributed by atoms with van der Waals surface area (Å²) in [6.07, 6.45) is 3.43. The molecule has 3 rings (SSSR count). The highest BCUT2D eigenvalue weighted by Crippen LogP contribution is 2.25. The number of hydrogen-bond acceptors (Lipinski definition) is 4. The van der Waals surface area contributed by atoms with Gasteiger partial charge in [0.2, 0.25) is 0 Å². The minimum Gasteiger partial charge on any atom is -0.368 e. The zero-order chi connectivity index (χ0) is 17.1. The highest BCUT2D eigenvalue weighted by molar-refractivity contribution is 5.75. The van der Waals surface area contributed by atoms with E-state index in [1.807, 2.05) is 15.9 Å². The number of carbonyl (C=O) groups is 1. The van der Waals surface area contributed by atoms with Crippen LogP contribution in [0.3, 0.4) is 0 Å². The topological polar surface area (TPSA) is 69.9 Å². The summed E-state index contributed by atoms with van der Waals surface area (Å²) >= 11 is 0. The molecule has 0 aromatic heterocycles. The van der Waals surface area contributed by atoms with Crippen molar-refractivity contribution < 1.29 is 9.72 Å². The van der Waals surface area contributed by atoms with Crippen LogP contribution in [0.2, 0.25) is 0 Å². The fraction of sp³-hybridized carbons (Fsp3) is 0.588. The number of aryl methyl sites for hydroxylation is 1. The summed E-state index contributed by atoms with van der Waals surface area (Å²) < 4.78 is 0. The van der Waals surface area contributed by atoms with E-state index in [0.717, 1.165) is 44.7 Å². The van der Waals surface area contributed by atoms with Gasteiger partial charge in [-0.05, 0) is 38.3 Å². The van der Waals surface area contributed by atoms with Crippen molar-refractivity contribution in [3.63, 3.8) is 0 Å². The number of urea groups is 1. The van der Waals surface area contributed by atoms with Gasteiger partial charge in [-0.2, -0.15) is 0 Å². The van der Waals surface area contributed by atoms with Crippen molar-refractivity contribution in [2.24, 2.45) is 0 Å². The maximum Gasteiger partial charge on any atom is 0.320 e. The van der Waals surface area contributed by atoms with Crippen LogP contribution in [-0.4, -0.2) is 60.0 Å². The van der Waals surface area contributed by atoms with E-state index in [-0.39, 0.29) is 16.6 Å². The molecule has 130 valence electrons. The Labute approximate surface area is 142 Å². The van der Waals surface area contributed by atoms with E-state index in [0.29, 0.717) is 18.7 Å². The number of likely N-dealkylation sites (tertiary alicyclic amines) is 1. The van der Waals surface area contributed by atoms with Crippen LogP contribution >= 0.6 is 0 Å². The van der Waals surface area contributed by atoms with E-state index < -0.39 is 0 Å². The first-order chi connectivity index (χ1) is 11.6. The summed E-state index contributed by atoms with van der Waals surface area (Å²) in [6.45, 7) is 6.43. The van der Waals surface area contributed by atoms with E-state index in [2.05, 4.69) is 4.90 Å². The third-order valence-corrected chi connectivity index (χ3v) is 4.92. The molecule has 0 saturated carbocycles. The quantitative estimate of drug-likeness (QED) is 0.616. The molecule has 1 aromatic carbocycles. The molecule has 0 radical (unpaired) electrons. The fourth-order valence-corrected chi connectivity index (χ4v) is 3.48. The molecule has 1 aromatic rings. The molecule has 0 spiro atoms. The molecule has 0 N–H and O–H groups in total. The SMILES string of the molecule is Cc1cc(N2CCN(C(=O)N3CCCCC3)CC2)ccc1[N+](=O)[O-]. The van der Waals surface area contributed by atoms with Crippen LogP contribution in [-0.2, 0) is 0 Å². The summed E-state index contributed by atoms with van der Waals surface area (Å²) in [5, 5.41) is 10.9. The minimum atomic E-state index is -0.353. The molecule has 0 atom stereocenters. The number of nitrogens with zero attached hydrogens (tertiary/aromatic N) is 4. The second-order valence-corrected chi connectivity index (χ2v) is 6.53. The molecule has 0 aliphatic carbocycles. The number of carbonyl (C=O) groups excluding carboxylic acids is 1. The van der Waals surface area contributed by atoms with Crippen LogP contribution in [0, 0.1) is 17.0 Å². The largest absolute Gasteiger partial charge is 0.368 e. The Bertz CT molecular complexity index is 620. The summed E-state index contributed by atoms with van der Waals surface area (Å²) in [7, 11) is 0. The Morgan fingerprint density at radius 3 is 2.21 bits per heavy atom. The molecule has 24 heavy (non-hydrogen) atoms. The van der Waals surface area contributed by atoms with Gasteiger partial charge < -0.3 is 14.7 Å². The maximum absolute atomic E-state index is 12.5. The molecule has 0 bridgehead atoms. The fourth-order valence-electron chi connectivity index (χ4n) is 3.48. The van der Waals surface area contributed by atoms with Gasteiger partial charge in [0, 0.05) is 56.6 Å². The standard InChI is InChI=1S/C17H24N4O3/c1-14-13-15(5-6-16(14)21(23)24)18-9-11-20(12-10-18)17(22)19-7-3-2-4-8-19/h5-6,13H,2-4,7-12H2,1H3. The number of hydrogen-bond donors (Lipinski definition) is 0. The minimum absolute atomic E-state index is 0.151. The summed E-state index contributed by atoms with van der Waals surface area (Å²) in [6, 6.07) is 5.39. The predicted molar refractivity (Wildman–Crippen MR) is 92.4 cm³/mol. The Morgan fingerprint density at radius 2 is 1.62 bits per heavy atom. The normalized spacial score (nSPS) is 18.6. The van der Waals surface area contributed by atoms with E-state index in [1.165, 1.54) is 6.42 Å². The highest BCUT2D eigenvalue weighted by atomic mass is 16.6. The van der Waals surface area contributed by atoms with Crippen molar-refractivity contribution in [3.05, 3.63) is 33.9 Å². The monoisotopic (exact) mass is 332 g/mol. The van der Waals surface area contributed by atoms with Gasteiger partial charge in [-0.15, -0.1) is 0 Å². The molecule has 2 aliphatic heterocycles. The lowest BCUT2D eigenvalue weighted by molar-refractivity contribution is -0.385. The number of piperazine rings is 1. The molecule has 0 unspecified atom stereocenters. The number of anilines is 1. The molecule has 2 amide bonds. The molecular weight excluding hydrogens is 308 g/mol. The average molecular weight is 332 g/mol. The molecule has 7 heteroatoms. The van der Waals surface area contributed by atoms with Crippen LogP contribution in [0.1, 0.15) is 24.8 Å². The highest BCUT2D eigenvalue weighted by Gasteiger charge is 2.26. The van der Waals surface area contributed by atoms with Gasteiger partial charge in [0.1, 0.15) is 0 Å². The smallest absolute Gasteiger partial charge is 0.320 e. The van der Waals surface area contributed by atoms with Crippen molar-refractivity contribution in [2.45, 2.75) is 26.2 Å². The van der Waals surface area contributed by atoms with Gasteiger partial charge in [-0.3, -0.25) is 10.1 Å². The first-order valence-corrected chi connectivity index (χ1v) is 8.60. The first kappa shape index (κ1) is 16.5. The summed E-state index contributed by atoms with van der Waals surface area (Å²) in [5.74, 6) is 0. The van der Waals surface area contributed by atoms with Crippen LogP contribution < -0.4 is 4.90 Å². The van der Waals surface area contributed by atoms with Gasteiger partial charge in [0.25, 0.3) is 5.69 Å². The zero-order valence-electron chi connectivity index (χ0n) is 14.1. The molecule has 2 saturated heterocycles. The third-order valence-electron chi connectivity index (χ3n) is 4.92. The van der Waals surface area contributed by atoms with E-state index in [1.54, 1.807) is 19.1 Å². The third kappa shape index (κ3) is 3.44. The van der Waals surface area contributed by atoms with Gasteiger partial charge in [0.15, 0.2) is 0 Å². The van der Waals surface area contributed by atoms with Gasteiger partial charge >= 0.3 is 6.03 Å². The van der Waals surface area contributed by atoms with Gasteiger partial charge in [-0.25, -0.2) is 4.79 Å². The number of nitro groups is 1. The maximum atomic E-state index is 12.5. The van der Waals surface area contributed by atoms with Crippen LogP contribution in [0.4, 0.5) is 16.2 Å². The molecule has 2 aliphatic rings. The van der Waals surface area contributed by atoms with Crippen LogP contribution in [0.15, 0.2) is 18.2 Å². The molecule has 2 heterocycles. The molecule has 7 nitrogen and oxygen atoms in total. The number of amides is 2. The number of piperidine rings is 1.